The van der Waals surface area contributed by atoms with E-state index in [1.54, 1.807) is 14.2 Å². The molecule has 0 spiro atoms. The van der Waals surface area contributed by atoms with Crippen LogP contribution < -0.4 is 9.47 Å². The first-order chi connectivity index (χ1) is 10.7. The molecule has 1 amide bonds. The van der Waals surface area contributed by atoms with Crippen molar-refractivity contribution in [1.82, 2.24) is 4.90 Å². The molecule has 3 rings (SSSR count). The van der Waals surface area contributed by atoms with Crippen LogP contribution in [0.3, 0.4) is 0 Å². The van der Waals surface area contributed by atoms with Crippen LogP contribution >= 0.6 is 0 Å². The number of nitrogens with zero attached hydrogens (tertiary/aromatic N) is 1. The van der Waals surface area contributed by atoms with Gasteiger partial charge in [0, 0.05) is 18.7 Å². The summed E-state index contributed by atoms with van der Waals surface area (Å²) in [5.41, 5.74) is 1.02. The molecular weight excluding hydrogens is 282 g/mol. The predicted molar refractivity (Wildman–Crippen MR) is 82.2 cm³/mol. The molecule has 0 saturated carbocycles. The summed E-state index contributed by atoms with van der Waals surface area (Å²) in [5, 5.41) is 0. The number of likely N-dealkylation sites (tertiary alicyclic amines) is 1. The minimum atomic E-state index is -0.266. The van der Waals surface area contributed by atoms with Crippen molar-refractivity contribution in [2.45, 2.75) is 37.8 Å². The molecule has 0 N–H and O–H groups in total. The van der Waals surface area contributed by atoms with Crippen LogP contribution in [0, 0.1) is 0 Å². The molecule has 0 aliphatic carbocycles. The maximum Gasteiger partial charge on any atom is 0.252 e. The summed E-state index contributed by atoms with van der Waals surface area (Å²) in [4.78, 5) is 14.7. The van der Waals surface area contributed by atoms with Crippen LogP contribution in [-0.4, -0.2) is 44.3 Å². The van der Waals surface area contributed by atoms with E-state index >= 15 is 0 Å². The molecule has 2 fully saturated rings. The second-order valence-electron chi connectivity index (χ2n) is 5.80. The molecule has 2 atom stereocenters. The van der Waals surface area contributed by atoms with Gasteiger partial charge in [0.15, 0.2) is 0 Å². The number of hydrogen-bond donors (Lipinski definition) is 0. The summed E-state index contributed by atoms with van der Waals surface area (Å²) >= 11 is 0. The van der Waals surface area contributed by atoms with Gasteiger partial charge in [0.05, 0.1) is 20.3 Å². The van der Waals surface area contributed by atoms with Crippen molar-refractivity contribution in [3.8, 4) is 11.5 Å². The van der Waals surface area contributed by atoms with Crippen LogP contribution in [0.25, 0.3) is 0 Å². The zero-order valence-corrected chi connectivity index (χ0v) is 13.2. The highest BCUT2D eigenvalue weighted by molar-refractivity contribution is 5.82. The van der Waals surface area contributed by atoms with Gasteiger partial charge in [0.1, 0.15) is 17.6 Å². The fourth-order valence-electron chi connectivity index (χ4n) is 3.41. The van der Waals surface area contributed by atoms with E-state index in [0.29, 0.717) is 6.61 Å². The Bertz CT molecular complexity index is 539. The van der Waals surface area contributed by atoms with Crippen LogP contribution in [0.4, 0.5) is 0 Å². The molecule has 5 heteroatoms. The number of carbonyl (C=O) groups is 1. The topological polar surface area (TPSA) is 48.0 Å². The van der Waals surface area contributed by atoms with Gasteiger partial charge in [-0.25, -0.2) is 0 Å². The van der Waals surface area contributed by atoms with Crippen LogP contribution in [0.1, 0.15) is 37.3 Å². The van der Waals surface area contributed by atoms with E-state index < -0.39 is 0 Å². The first-order valence-electron chi connectivity index (χ1n) is 7.88. The highest BCUT2D eigenvalue weighted by Gasteiger charge is 2.37. The number of ether oxygens (including phenoxy) is 3. The van der Waals surface area contributed by atoms with Gasteiger partial charge < -0.3 is 19.1 Å². The summed E-state index contributed by atoms with van der Waals surface area (Å²) in [7, 11) is 3.31. The third-order valence-corrected chi connectivity index (χ3v) is 4.54. The Labute approximate surface area is 131 Å². The second-order valence-corrected chi connectivity index (χ2v) is 5.80. The Kier molecular flexibility index (Phi) is 4.52. The molecular formula is C17H23NO4. The molecule has 0 unspecified atom stereocenters. The second kappa shape index (κ2) is 6.57. The van der Waals surface area contributed by atoms with Crippen molar-refractivity contribution in [3.63, 3.8) is 0 Å². The maximum absolute atomic E-state index is 12.7. The SMILES string of the molecule is COc1ccc(OC)c([C@@H]2CCCN2C(=O)[C@H]2CCCO2)c1. The van der Waals surface area contributed by atoms with Crippen LogP contribution in [0.2, 0.25) is 0 Å². The summed E-state index contributed by atoms with van der Waals surface area (Å²) in [6.07, 6.45) is 3.48. The van der Waals surface area contributed by atoms with Crippen LogP contribution in [-0.2, 0) is 9.53 Å². The van der Waals surface area contributed by atoms with Crippen LogP contribution in [0.5, 0.6) is 11.5 Å². The molecule has 120 valence electrons. The Morgan fingerprint density at radius 1 is 1.23 bits per heavy atom. The van der Waals surface area contributed by atoms with Crippen molar-refractivity contribution < 1.29 is 19.0 Å². The molecule has 2 aliphatic heterocycles. The fourth-order valence-corrected chi connectivity index (χ4v) is 3.41. The summed E-state index contributed by atoms with van der Waals surface area (Å²) in [6.45, 7) is 1.47. The highest BCUT2D eigenvalue weighted by Crippen LogP contribution is 2.39. The molecule has 2 saturated heterocycles. The summed E-state index contributed by atoms with van der Waals surface area (Å²) in [5.74, 6) is 1.70. The Morgan fingerprint density at radius 2 is 2.09 bits per heavy atom. The first kappa shape index (κ1) is 15.2. The van der Waals surface area contributed by atoms with Gasteiger partial charge in [-0.2, -0.15) is 0 Å². The minimum absolute atomic E-state index is 0.0433. The van der Waals surface area contributed by atoms with E-state index in [1.807, 2.05) is 23.1 Å². The largest absolute Gasteiger partial charge is 0.497 e. The van der Waals surface area contributed by atoms with E-state index in [0.717, 1.165) is 49.3 Å². The molecule has 0 aromatic heterocycles. The zero-order valence-electron chi connectivity index (χ0n) is 13.2. The third kappa shape index (κ3) is 2.77. The fraction of sp³-hybridized carbons (Fsp3) is 0.588. The standard InChI is InChI=1S/C17H23NO4/c1-20-12-7-8-15(21-2)13(11-12)14-5-3-9-18(14)17(19)16-6-4-10-22-16/h7-8,11,14,16H,3-6,9-10H2,1-2H3/t14-,16+/m0/s1. The van der Waals surface area contributed by atoms with Crippen molar-refractivity contribution in [2.75, 3.05) is 27.4 Å². The summed E-state index contributed by atoms with van der Waals surface area (Å²) < 4.78 is 16.4. The van der Waals surface area contributed by atoms with Crippen molar-refractivity contribution in [1.29, 1.82) is 0 Å². The number of amides is 1. The lowest BCUT2D eigenvalue weighted by Gasteiger charge is -2.28. The van der Waals surface area contributed by atoms with Gasteiger partial charge >= 0.3 is 0 Å². The lowest BCUT2D eigenvalue weighted by molar-refractivity contribution is -0.141. The third-order valence-electron chi connectivity index (χ3n) is 4.54. The quantitative estimate of drug-likeness (QED) is 0.858. The number of carbonyl (C=O) groups excluding carboxylic acids is 1. The van der Waals surface area contributed by atoms with Gasteiger partial charge in [-0.05, 0) is 43.9 Å². The van der Waals surface area contributed by atoms with E-state index in [-0.39, 0.29) is 18.1 Å². The Hall–Kier alpha value is -1.75. The van der Waals surface area contributed by atoms with E-state index in [1.165, 1.54) is 0 Å². The normalized spacial score (nSPS) is 24.5. The van der Waals surface area contributed by atoms with Crippen molar-refractivity contribution in [2.24, 2.45) is 0 Å². The predicted octanol–water partition coefficient (Wildman–Crippen LogP) is 2.55. The minimum Gasteiger partial charge on any atom is -0.497 e. The van der Waals surface area contributed by atoms with Crippen molar-refractivity contribution >= 4 is 5.91 Å². The Balaban J connectivity index is 1.87. The summed E-state index contributed by atoms with van der Waals surface area (Å²) in [6, 6.07) is 5.80. The number of hydrogen-bond acceptors (Lipinski definition) is 4. The average Bonchev–Trinajstić information content (AvgIpc) is 3.24. The molecule has 0 bridgehead atoms. The van der Waals surface area contributed by atoms with Gasteiger partial charge in [0.25, 0.3) is 5.91 Å². The molecule has 0 radical (unpaired) electrons. The van der Waals surface area contributed by atoms with E-state index in [4.69, 9.17) is 14.2 Å². The number of rotatable bonds is 4. The Morgan fingerprint density at radius 3 is 2.77 bits per heavy atom. The number of benzene rings is 1. The van der Waals surface area contributed by atoms with E-state index in [2.05, 4.69) is 0 Å². The molecule has 2 aliphatic rings. The van der Waals surface area contributed by atoms with Crippen LogP contribution in [0.15, 0.2) is 18.2 Å². The molecule has 1 aromatic rings. The lowest BCUT2D eigenvalue weighted by atomic mass is 10.0. The monoisotopic (exact) mass is 305 g/mol. The molecule has 2 heterocycles. The maximum atomic E-state index is 12.7. The molecule has 1 aromatic carbocycles. The van der Waals surface area contributed by atoms with Gasteiger partial charge in [-0.3, -0.25) is 4.79 Å². The van der Waals surface area contributed by atoms with Gasteiger partial charge in [0.2, 0.25) is 0 Å². The van der Waals surface area contributed by atoms with Crippen molar-refractivity contribution in [3.05, 3.63) is 23.8 Å². The van der Waals surface area contributed by atoms with Gasteiger partial charge in [-0.15, -0.1) is 0 Å². The molecule has 22 heavy (non-hydrogen) atoms. The van der Waals surface area contributed by atoms with E-state index in [9.17, 15) is 4.79 Å². The lowest BCUT2D eigenvalue weighted by Crippen LogP contribution is -2.38. The zero-order chi connectivity index (χ0) is 15.5. The highest BCUT2D eigenvalue weighted by atomic mass is 16.5. The number of methoxy groups -OCH3 is 2. The van der Waals surface area contributed by atoms with Gasteiger partial charge in [-0.1, -0.05) is 0 Å². The smallest absolute Gasteiger partial charge is 0.252 e. The molecule has 5 nitrogen and oxygen atoms in total. The average molecular weight is 305 g/mol. The first-order valence-corrected chi connectivity index (χ1v) is 7.88.